The number of carbonyl (C=O) groups excluding carboxylic acids is 1. The van der Waals surface area contributed by atoms with Crippen molar-refractivity contribution in [2.24, 2.45) is 0 Å². The number of fused-ring (bicyclic) bond motifs is 1. The first-order chi connectivity index (χ1) is 18.3. The summed E-state index contributed by atoms with van der Waals surface area (Å²) in [7, 11) is -3.81. The number of aryl methyl sites for hydroxylation is 2. The molecule has 5 rings (SSSR count). The van der Waals surface area contributed by atoms with E-state index in [-0.39, 0.29) is 23.3 Å². The second-order valence-electron chi connectivity index (χ2n) is 10.1. The third kappa shape index (κ3) is 5.87. The molecule has 1 N–H and O–H groups in total. The Labute approximate surface area is 224 Å². The van der Waals surface area contributed by atoms with Gasteiger partial charge >= 0.3 is 0 Å². The molecule has 2 atom stereocenters. The van der Waals surface area contributed by atoms with E-state index in [1.807, 2.05) is 85.5 Å². The average Bonchev–Trinajstić information content (AvgIpc) is 2.90. The number of nitrogens with one attached hydrogen (secondary N) is 1. The topological polar surface area (TPSA) is 66.5 Å². The SMILES string of the molecule is Cc1ccc(CN2C(=O)C[C@@H](NS(=O)(=O)c3ccc4ccccc4c3)C/C=C\[C@@H]2c2ccc(C)cc2)cc1. The lowest BCUT2D eigenvalue weighted by molar-refractivity contribution is -0.134. The van der Waals surface area contributed by atoms with Crippen LogP contribution in [-0.4, -0.2) is 25.3 Å². The van der Waals surface area contributed by atoms with Gasteiger partial charge in [0.2, 0.25) is 15.9 Å². The quantitative estimate of drug-likeness (QED) is 0.304. The molecular weight excluding hydrogens is 492 g/mol. The molecule has 4 aromatic rings. The van der Waals surface area contributed by atoms with Crippen LogP contribution in [0.5, 0.6) is 0 Å². The van der Waals surface area contributed by atoms with Crippen molar-refractivity contribution in [1.29, 1.82) is 0 Å². The number of benzene rings is 4. The van der Waals surface area contributed by atoms with Crippen molar-refractivity contribution in [1.82, 2.24) is 9.62 Å². The molecule has 1 aliphatic rings. The minimum atomic E-state index is -3.81. The largest absolute Gasteiger partial charge is 0.328 e. The van der Waals surface area contributed by atoms with Crippen LogP contribution in [0.1, 0.15) is 41.1 Å². The fourth-order valence-corrected chi connectivity index (χ4v) is 6.17. The molecule has 0 radical (unpaired) electrons. The maximum absolute atomic E-state index is 13.8. The summed E-state index contributed by atoms with van der Waals surface area (Å²) in [6.07, 6.45) is 4.52. The standard InChI is InChI=1S/C32H32N2O3S/c1-23-10-14-25(15-11-23)22-34-31(27-16-12-24(2)13-17-27)9-5-8-29(21-32(34)35)33-38(36,37)30-19-18-26-6-3-4-7-28(26)20-30/h3-7,9-20,29,31,33H,8,21-22H2,1-2H3/b9-5-/t29-,31+/m0/s1. The van der Waals surface area contributed by atoms with Crippen molar-refractivity contribution in [3.63, 3.8) is 0 Å². The Kier molecular flexibility index (Phi) is 7.45. The third-order valence-electron chi connectivity index (χ3n) is 7.06. The Balaban J connectivity index is 1.42. The van der Waals surface area contributed by atoms with Gasteiger partial charge in [-0.25, -0.2) is 13.1 Å². The molecule has 0 saturated carbocycles. The average molecular weight is 525 g/mol. The van der Waals surface area contributed by atoms with E-state index in [4.69, 9.17) is 0 Å². The van der Waals surface area contributed by atoms with Crippen LogP contribution in [0.2, 0.25) is 0 Å². The Hall–Kier alpha value is -3.74. The van der Waals surface area contributed by atoms with E-state index in [1.54, 1.807) is 12.1 Å². The first kappa shape index (κ1) is 25.9. The normalized spacial score (nSPS) is 19.2. The van der Waals surface area contributed by atoms with Gasteiger partial charge in [-0.3, -0.25) is 4.79 Å². The number of nitrogens with zero attached hydrogens (tertiary/aromatic N) is 1. The highest BCUT2D eigenvalue weighted by Gasteiger charge is 2.30. The Morgan fingerprint density at radius 3 is 2.21 bits per heavy atom. The first-order valence-corrected chi connectivity index (χ1v) is 14.4. The highest BCUT2D eigenvalue weighted by atomic mass is 32.2. The van der Waals surface area contributed by atoms with Crippen molar-refractivity contribution >= 4 is 26.7 Å². The van der Waals surface area contributed by atoms with E-state index >= 15 is 0 Å². The van der Waals surface area contributed by atoms with E-state index < -0.39 is 16.1 Å². The maximum Gasteiger partial charge on any atom is 0.240 e. The molecule has 0 fully saturated rings. The maximum atomic E-state index is 13.8. The van der Waals surface area contributed by atoms with E-state index in [9.17, 15) is 13.2 Å². The fraction of sp³-hybridized carbons (Fsp3) is 0.219. The second kappa shape index (κ2) is 10.9. The number of hydrogen-bond acceptors (Lipinski definition) is 3. The molecule has 0 aliphatic carbocycles. The fourth-order valence-electron chi connectivity index (χ4n) is 4.89. The minimum Gasteiger partial charge on any atom is -0.328 e. The van der Waals surface area contributed by atoms with Crippen LogP contribution in [0.3, 0.4) is 0 Å². The molecule has 6 heteroatoms. The molecular formula is C32H32N2O3S. The van der Waals surface area contributed by atoms with Gasteiger partial charge in [0.25, 0.3) is 0 Å². The highest BCUT2D eigenvalue weighted by molar-refractivity contribution is 7.89. The van der Waals surface area contributed by atoms with Crippen LogP contribution in [0.15, 0.2) is 108 Å². The van der Waals surface area contributed by atoms with E-state index in [0.717, 1.165) is 33.0 Å². The van der Waals surface area contributed by atoms with Crippen LogP contribution >= 0.6 is 0 Å². The van der Waals surface area contributed by atoms with Crippen molar-refractivity contribution in [2.75, 3.05) is 0 Å². The summed E-state index contributed by atoms with van der Waals surface area (Å²) in [6, 6.07) is 28.4. The molecule has 0 spiro atoms. The van der Waals surface area contributed by atoms with Gasteiger partial charge in [0.15, 0.2) is 0 Å². The number of amides is 1. The second-order valence-corrected chi connectivity index (χ2v) is 11.8. The van der Waals surface area contributed by atoms with Gasteiger partial charge in [0, 0.05) is 19.0 Å². The lowest BCUT2D eigenvalue weighted by atomic mass is 9.97. The number of sulfonamides is 1. The zero-order valence-electron chi connectivity index (χ0n) is 21.7. The lowest BCUT2D eigenvalue weighted by Gasteiger charge is -2.33. The monoisotopic (exact) mass is 524 g/mol. The summed E-state index contributed by atoms with van der Waals surface area (Å²) in [5.74, 6) is -0.0910. The molecule has 1 amide bonds. The van der Waals surface area contributed by atoms with Crippen molar-refractivity contribution in [2.45, 2.75) is 50.2 Å². The molecule has 0 bridgehead atoms. The Morgan fingerprint density at radius 1 is 0.842 bits per heavy atom. The smallest absolute Gasteiger partial charge is 0.240 e. The number of hydrogen-bond donors (Lipinski definition) is 1. The molecule has 38 heavy (non-hydrogen) atoms. The Morgan fingerprint density at radius 2 is 1.50 bits per heavy atom. The van der Waals surface area contributed by atoms with Crippen LogP contribution in [0, 0.1) is 13.8 Å². The molecule has 4 aromatic carbocycles. The Bertz CT molecular complexity index is 1580. The number of rotatable bonds is 6. The van der Waals surface area contributed by atoms with Gasteiger partial charge in [0.1, 0.15) is 0 Å². The van der Waals surface area contributed by atoms with Gasteiger partial charge in [-0.15, -0.1) is 0 Å². The molecule has 194 valence electrons. The summed E-state index contributed by atoms with van der Waals surface area (Å²) in [4.78, 5) is 15.8. The van der Waals surface area contributed by atoms with E-state index in [2.05, 4.69) is 29.0 Å². The van der Waals surface area contributed by atoms with Crippen molar-refractivity contribution in [3.05, 3.63) is 125 Å². The molecule has 0 aromatic heterocycles. The summed E-state index contributed by atoms with van der Waals surface area (Å²) < 4.78 is 29.4. The van der Waals surface area contributed by atoms with Crippen LogP contribution in [-0.2, 0) is 21.4 Å². The van der Waals surface area contributed by atoms with Gasteiger partial charge in [-0.2, -0.15) is 0 Å². The summed E-state index contributed by atoms with van der Waals surface area (Å²) in [6.45, 7) is 4.51. The highest BCUT2D eigenvalue weighted by Crippen LogP contribution is 2.29. The summed E-state index contributed by atoms with van der Waals surface area (Å²) in [5, 5.41) is 1.83. The molecule has 0 unspecified atom stereocenters. The van der Waals surface area contributed by atoms with Gasteiger partial charge < -0.3 is 4.90 Å². The van der Waals surface area contributed by atoms with Crippen molar-refractivity contribution < 1.29 is 13.2 Å². The zero-order valence-corrected chi connectivity index (χ0v) is 22.5. The molecule has 0 saturated heterocycles. The summed E-state index contributed by atoms with van der Waals surface area (Å²) >= 11 is 0. The van der Waals surface area contributed by atoms with E-state index in [0.29, 0.717) is 13.0 Å². The predicted octanol–water partition coefficient (Wildman–Crippen LogP) is 6.22. The molecule has 5 nitrogen and oxygen atoms in total. The number of carbonyl (C=O) groups is 1. The van der Waals surface area contributed by atoms with Crippen LogP contribution in [0.4, 0.5) is 0 Å². The molecule has 1 heterocycles. The molecule has 1 aliphatic heterocycles. The van der Waals surface area contributed by atoms with E-state index in [1.165, 1.54) is 0 Å². The van der Waals surface area contributed by atoms with Crippen LogP contribution in [0.25, 0.3) is 10.8 Å². The van der Waals surface area contributed by atoms with Gasteiger partial charge in [-0.05, 0) is 54.3 Å². The third-order valence-corrected chi connectivity index (χ3v) is 8.58. The van der Waals surface area contributed by atoms with Gasteiger partial charge in [0.05, 0.1) is 10.9 Å². The first-order valence-electron chi connectivity index (χ1n) is 12.9. The van der Waals surface area contributed by atoms with Gasteiger partial charge in [-0.1, -0.05) is 102 Å². The zero-order chi connectivity index (χ0) is 26.7. The minimum absolute atomic E-state index is 0.0748. The predicted molar refractivity (Wildman–Crippen MR) is 152 cm³/mol. The lowest BCUT2D eigenvalue weighted by Crippen LogP contribution is -2.42. The van der Waals surface area contributed by atoms with Crippen LogP contribution < -0.4 is 4.72 Å². The van der Waals surface area contributed by atoms with Crippen molar-refractivity contribution in [3.8, 4) is 0 Å². The summed E-state index contributed by atoms with van der Waals surface area (Å²) in [5.41, 5.74) is 4.37.